The Bertz CT molecular complexity index is 1120. The Balaban J connectivity index is 2.27. The molecule has 7 nitrogen and oxygen atoms in total. The average Bonchev–Trinajstić information content (AvgIpc) is 3.03. The summed E-state index contributed by atoms with van der Waals surface area (Å²) in [5.41, 5.74) is -0.104. The minimum Gasteiger partial charge on any atom is -0.465 e. The van der Waals surface area contributed by atoms with E-state index in [1.54, 1.807) is 12.1 Å². The van der Waals surface area contributed by atoms with Crippen molar-refractivity contribution in [2.75, 3.05) is 26.5 Å². The number of aromatic nitrogens is 1. The lowest BCUT2D eigenvalue weighted by Crippen LogP contribution is -2.23. The van der Waals surface area contributed by atoms with E-state index in [1.807, 2.05) is 41.6 Å². The smallest absolute Gasteiger partial charge is 0.345 e. The van der Waals surface area contributed by atoms with Gasteiger partial charge in [-0.05, 0) is 61.0 Å². The molecular formula is C19H19FIN3O4. The van der Waals surface area contributed by atoms with Crippen LogP contribution in [0.15, 0.2) is 33.5 Å². The van der Waals surface area contributed by atoms with Gasteiger partial charge in [-0.1, -0.05) is 0 Å². The number of pyridine rings is 1. The fraction of sp³-hybridized carbons (Fsp3) is 0.263. The molecule has 3 rings (SSSR count). The number of methoxy groups -OCH3 is 1. The van der Waals surface area contributed by atoms with Gasteiger partial charge in [0.15, 0.2) is 5.58 Å². The van der Waals surface area contributed by atoms with Crippen LogP contribution in [0.4, 0.5) is 15.9 Å². The van der Waals surface area contributed by atoms with Gasteiger partial charge in [-0.15, -0.1) is 0 Å². The third-order valence-electron chi connectivity index (χ3n) is 4.16. The number of ether oxygens (including phenoxy) is 1. The summed E-state index contributed by atoms with van der Waals surface area (Å²) < 4.78 is 27.0. The minimum atomic E-state index is -0.695. The first-order valence-electron chi connectivity index (χ1n) is 8.33. The molecule has 3 aromatic rings. The summed E-state index contributed by atoms with van der Waals surface area (Å²) >= 11 is 2.00. The summed E-state index contributed by atoms with van der Waals surface area (Å²) in [6.45, 7) is 0.451. The summed E-state index contributed by atoms with van der Waals surface area (Å²) in [5, 5.41) is 3.11. The Morgan fingerprint density at radius 3 is 2.68 bits per heavy atom. The van der Waals surface area contributed by atoms with E-state index in [1.165, 1.54) is 30.9 Å². The number of hydrogen-bond acceptors (Lipinski definition) is 6. The number of nitrogens with zero attached hydrogens (tertiary/aromatic N) is 2. The maximum atomic E-state index is 14.3. The number of hydrogen-bond donors (Lipinski definition) is 1. The van der Waals surface area contributed by atoms with E-state index in [9.17, 15) is 14.0 Å². The molecule has 0 amide bonds. The number of benzene rings is 1. The van der Waals surface area contributed by atoms with Crippen LogP contribution in [-0.4, -0.2) is 36.6 Å². The molecule has 0 aliphatic rings. The number of anilines is 2. The topological polar surface area (TPSA) is 76.7 Å². The second kappa shape index (κ2) is 7.92. The number of fused-ring (bicyclic) bond motifs is 1. The first-order valence-corrected chi connectivity index (χ1v) is 9.41. The summed E-state index contributed by atoms with van der Waals surface area (Å²) in [6, 6.07) is 6.20. The van der Waals surface area contributed by atoms with Crippen LogP contribution in [0.5, 0.6) is 0 Å². The molecule has 0 atom stereocenters. The minimum absolute atomic E-state index is 0.0301. The third kappa shape index (κ3) is 3.76. The van der Waals surface area contributed by atoms with Gasteiger partial charge in [0.1, 0.15) is 23.0 Å². The van der Waals surface area contributed by atoms with Crippen LogP contribution in [0.25, 0.3) is 11.0 Å². The quantitative estimate of drug-likeness (QED) is 0.428. The van der Waals surface area contributed by atoms with Crippen LogP contribution in [0.3, 0.4) is 0 Å². The molecule has 2 heterocycles. The standard InChI is InChI=1S/C19H19FIN3O4/c1-23(2)9-11-8-12-16(28-11)15(19(26)27-4)17(24(3)18(12)25)22-14-6-5-10(21)7-13(14)20/h5-8,22H,9H2,1-4H3. The van der Waals surface area contributed by atoms with E-state index in [2.05, 4.69) is 5.32 Å². The van der Waals surface area contributed by atoms with Crippen molar-refractivity contribution in [1.82, 2.24) is 9.47 Å². The molecule has 0 bridgehead atoms. The van der Waals surface area contributed by atoms with Crippen molar-refractivity contribution in [1.29, 1.82) is 0 Å². The highest BCUT2D eigenvalue weighted by molar-refractivity contribution is 14.1. The number of halogens is 2. The Hall–Kier alpha value is -2.40. The van der Waals surface area contributed by atoms with Crippen LogP contribution in [0, 0.1) is 9.39 Å². The predicted molar refractivity (Wildman–Crippen MR) is 113 cm³/mol. The zero-order valence-electron chi connectivity index (χ0n) is 15.8. The predicted octanol–water partition coefficient (Wildman–Crippen LogP) is 3.47. The molecule has 0 saturated carbocycles. The molecule has 1 N–H and O–H groups in total. The van der Waals surface area contributed by atoms with Crippen molar-refractivity contribution in [3.05, 3.63) is 55.3 Å². The summed E-state index contributed by atoms with van der Waals surface area (Å²) in [6.07, 6.45) is 0. The molecule has 0 aliphatic heterocycles. The molecule has 0 saturated heterocycles. The van der Waals surface area contributed by atoms with Gasteiger partial charge in [0.25, 0.3) is 5.56 Å². The molecule has 2 aromatic heterocycles. The lowest BCUT2D eigenvalue weighted by Gasteiger charge is -2.16. The van der Waals surface area contributed by atoms with Crippen molar-refractivity contribution in [2.45, 2.75) is 6.54 Å². The molecule has 0 spiro atoms. The van der Waals surface area contributed by atoms with Gasteiger partial charge in [0.2, 0.25) is 0 Å². The van der Waals surface area contributed by atoms with Gasteiger partial charge in [-0.2, -0.15) is 0 Å². The highest BCUT2D eigenvalue weighted by Crippen LogP contribution is 2.30. The Labute approximate surface area is 174 Å². The molecule has 0 aliphatic carbocycles. The summed E-state index contributed by atoms with van der Waals surface area (Å²) in [4.78, 5) is 27.2. The van der Waals surface area contributed by atoms with Crippen LogP contribution in [0.2, 0.25) is 0 Å². The lowest BCUT2D eigenvalue weighted by molar-refractivity contribution is 0.0602. The maximum Gasteiger partial charge on any atom is 0.345 e. The molecule has 0 fully saturated rings. The Morgan fingerprint density at radius 2 is 2.07 bits per heavy atom. The zero-order chi connectivity index (χ0) is 20.6. The summed E-state index contributed by atoms with van der Waals surface area (Å²) in [5.74, 6) is -0.585. The molecular weight excluding hydrogens is 480 g/mol. The Morgan fingerprint density at radius 1 is 1.36 bits per heavy atom. The van der Waals surface area contributed by atoms with Crippen molar-refractivity contribution >= 4 is 51.0 Å². The first-order chi connectivity index (χ1) is 13.2. The number of nitrogens with one attached hydrogen (secondary N) is 1. The van der Waals surface area contributed by atoms with Gasteiger partial charge >= 0.3 is 5.97 Å². The third-order valence-corrected chi connectivity index (χ3v) is 4.83. The lowest BCUT2D eigenvalue weighted by atomic mass is 10.1. The highest BCUT2D eigenvalue weighted by atomic mass is 127. The summed E-state index contributed by atoms with van der Waals surface area (Å²) in [7, 11) is 6.45. The van der Waals surface area contributed by atoms with Gasteiger partial charge in [-0.3, -0.25) is 9.36 Å². The van der Waals surface area contributed by atoms with Crippen LogP contribution in [0.1, 0.15) is 16.1 Å². The van der Waals surface area contributed by atoms with E-state index in [-0.39, 0.29) is 33.6 Å². The van der Waals surface area contributed by atoms with Gasteiger partial charge in [-0.25, -0.2) is 9.18 Å². The van der Waals surface area contributed by atoms with Crippen LogP contribution < -0.4 is 10.9 Å². The molecule has 148 valence electrons. The van der Waals surface area contributed by atoms with Gasteiger partial charge in [0.05, 0.1) is 24.7 Å². The van der Waals surface area contributed by atoms with Gasteiger partial charge in [0, 0.05) is 10.6 Å². The van der Waals surface area contributed by atoms with E-state index in [0.717, 1.165) is 3.57 Å². The SMILES string of the molecule is COC(=O)c1c(Nc2ccc(I)cc2F)n(C)c(=O)c2cc(CN(C)C)oc12. The second-order valence-corrected chi connectivity index (χ2v) is 7.77. The average molecular weight is 499 g/mol. The van der Waals surface area contributed by atoms with Crippen LogP contribution in [-0.2, 0) is 18.3 Å². The monoisotopic (exact) mass is 499 g/mol. The number of rotatable bonds is 5. The maximum absolute atomic E-state index is 14.3. The van der Waals surface area contributed by atoms with Crippen molar-refractivity contribution < 1.29 is 18.3 Å². The normalized spacial score (nSPS) is 11.2. The first kappa shape index (κ1) is 20.3. The van der Waals surface area contributed by atoms with Crippen LogP contribution >= 0.6 is 22.6 Å². The zero-order valence-corrected chi connectivity index (χ0v) is 18.0. The van der Waals surface area contributed by atoms with Crippen molar-refractivity contribution in [3.63, 3.8) is 0 Å². The largest absolute Gasteiger partial charge is 0.465 e. The van der Waals surface area contributed by atoms with E-state index >= 15 is 0 Å². The van der Waals surface area contributed by atoms with Crippen molar-refractivity contribution in [2.24, 2.45) is 7.05 Å². The number of esters is 1. The fourth-order valence-corrected chi connectivity index (χ4v) is 3.34. The highest BCUT2D eigenvalue weighted by Gasteiger charge is 2.26. The molecule has 28 heavy (non-hydrogen) atoms. The molecule has 0 radical (unpaired) electrons. The second-order valence-electron chi connectivity index (χ2n) is 6.52. The number of carbonyl (C=O) groups excluding carboxylic acids is 1. The molecule has 1 aromatic carbocycles. The molecule has 9 heteroatoms. The van der Waals surface area contributed by atoms with E-state index in [0.29, 0.717) is 12.3 Å². The van der Waals surface area contributed by atoms with E-state index < -0.39 is 11.8 Å². The Kier molecular flexibility index (Phi) is 5.75. The number of furan rings is 1. The van der Waals surface area contributed by atoms with Crippen molar-refractivity contribution in [3.8, 4) is 0 Å². The van der Waals surface area contributed by atoms with E-state index in [4.69, 9.17) is 9.15 Å². The molecule has 0 unspecified atom stereocenters. The fourth-order valence-electron chi connectivity index (χ4n) is 2.89. The number of carbonyl (C=O) groups is 1. The van der Waals surface area contributed by atoms with Gasteiger partial charge < -0.3 is 19.4 Å².